The third kappa shape index (κ3) is 31.5. The molecule has 0 aliphatic carbocycles. The molecule has 6 nitrogen and oxygen atoms in total. The zero-order chi connectivity index (χ0) is 40.5. The van der Waals surface area contributed by atoms with Crippen molar-refractivity contribution in [3.8, 4) is 0 Å². The average Bonchev–Trinajstić information content (AvgIpc) is 3.66. The van der Waals surface area contributed by atoms with Gasteiger partial charge in [0.15, 0.2) is 0 Å². The number of nitrogens with one attached hydrogen (secondary N) is 1. The second-order valence-electron chi connectivity index (χ2n) is 19.2. The van der Waals surface area contributed by atoms with E-state index in [1.165, 1.54) is 122 Å². The van der Waals surface area contributed by atoms with Crippen LogP contribution in [0.25, 0.3) is 0 Å². The molecule has 0 bridgehead atoms. The van der Waals surface area contributed by atoms with Gasteiger partial charge in [-0.25, -0.2) is 0 Å². The first-order valence-corrected chi connectivity index (χ1v) is 24.1. The van der Waals surface area contributed by atoms with Crippen molar-refractivity contribution < 1.29 is 23.8 Å². The molecule has 1 fully saturated rings. The molecule has 1 heterocycles. The summed E-state index contributed by atoms with van der Waals surface area (Å²) in [6.07, 6.45) is 30.5. The quantitative estimate of drug-likeness (QED) is 0.0497. The normalized spacial score (nSPS) is 16.4. The first-order valence-electron chi connectivity index (χ1n) is 24.1. The summed E-state index contributed by atoms with van der Waals surface area (Å²) in [4.78, 5) is 24.7. The Hall–Kier alpha value is -1.14. The van der Waals surface area contributed by atoms with Crippen LogP contribution in [0.5, 0.6) is 0 Å². The van der Waals surface area contributed by atoms with Gasteiger partial charge in [0.05, 0.1) is 13.2 Å². The fourth-order valence-corrected chi connectivity index (χ4v) is 8.03. The van der Waals surface area contributed by atoms with Crippen molar-refractivity contribution in [1.29, 1.82) is 0 Å². The summed E-state index contributed by atoms with van der Waals surface area (Å²) in [5.41, 5.74) is 0. The molecule has 0 aromatic rings. The predicted molar refractivity (Wildman–Crippen MR) is 234 cm³/mol. The number of hydrogen-bond donors (Lipinski definition) is 1. The summed E-state index contributed by atoms with van der Waals surface area (Å²) in [6.45, 7) is 22.2. The summed E-state index contributed by atoms with van der Waals surface area (Å²) < 4.78 is 17.6. The highest BCUT2D eigenvalue weighted by atomic mass is 16.5. The molecule has 0 aromatic heterocycles. The van der Waals surface area contributed by atoms with E-state index in [-0.39, 0.29) is 11.9 Å². The van der Waals surface area contributed by atoms with Crippen LogP contribution >= 0.6 is 0 Å². The Labute approximate surface area is 342 Å². The highest BCUT2D eigenvalue weighted by molar-refractivity contribution is 5.69. The van der Waals surface area contributed by atoms with Crippen LogP contribution in [0.3, 0.4) is 0 Å². The molecule has 1 aliphatic rings. The first kappa shape index (κ1) is 51.9. The molecule has 3 atom stereocenters. The standard InChI is InChI=1S/C49H95NO5/c1-40(2)31-33-45(42(5)6)38-54-48(51)29-21-17-13-9-11-15-19-25-44(37-53-36-24-28-47-27-23-35-50-47)26-20-16-12-10-14-18-22-30-49(52)55-39-46(43(7)8)34-32-41(3)4/h40-47,50H,9-39H2,1-8H3. The van der Waals surface area contributed by atoms with Crippen LogP contribution in [0, 0.1) is 41.4 Å². The van der Waals surface area contributed by atoms with Crippen molar-refractivity contribution in [3.05, 3.63) is 0 Å². The van der Waals surface area contributed by atoms with E-state index in [0.29, 0.717) is 73.5 Å². The molecule has 1 rings (SSSR count). The van der Waals surface area contributed by atoms with Gasteiger partial charge in [0.1, 0.15) is 0 Å². The highest BCUT2D eigenvalue weighted by Gasteiger charge is 2.18. The van der Waals surface area contributed by atoms with Crippen LogP contribution in [-0.2, 0) is 23.8 Å². The Morgan fingerprint density at radius 1 is 0.527 bits per heavy atom. The lowest BCUT2D eigenvalue weighted by atomic mass is 9.89. The van der Waals surface area contributed by atoms with Crippen LogP contribution in [0.15, 0.2) is 0 Å². The maximum absolute atomic E-state index is 12.3. The fourth-order valence-electron chi connectivity index (χ4n) is 8.03. The van der Waals surface area contributed by atoms with E-state index >= 15 is 0 Å². The van der Waals surface area contributed by atoms with Gasteiger partial charge in [-0.3, -0.25) is 9.59 Å². The van der Waals surface area contributed by atoms with E-state index in [1.54, 1.807) is 0 Å². The Bertz CT molecular complexity index is 825. The molecule has 55 heavy (non-hydrogen) atoms. The van der Waals surface area contributed by atoms with E-state index in [1.807, 2.05) is 0 Å². The monoisotopic (exact) mass is 778 g/mol. The first-order chi connectivity index (χ1) is 26.5. The summed E-state index contributed by atoms with van der Waals surface area (Å²) in [5, 5.41) is 3.62. The Balaban J connectivity index is 2.19. The zero-order valence-electron chi connectivity index (χ0n) is 38.1. The van der Waals surface area contributed by atoms with Gasteiger partial charge in [-0.2, -0.15) is 0 Å². The molecular formula is C49H95NO5. The highest BCUT2D eigenvalue weighted by Crippen LogP contribution is 2.24. The van der Waals surface area contributed by atoms with Gasteiger partial charge in [-0.05, 0) is 112 Å². The molecule has 3 unspecified atom stereocenters. The maximum atomic E-state index is 12.3. The van der Waals surface area contributed by atoms with Gasteiger partial charge in [-0.1, -0.05) is 145 Å². The van der Waals surface area contributed by atoms with Crippen molar-refractivity contribution in [2.75, 3.05) is 33.0 Å². The molecule has 0 spiro atoms. The minimum absolute atomic E-state index is 0.00409. The number of hydrogen-bond acceptors (Lipinski definition) is 6. The molecule has 1 N–H and O–H groups in total. The van der Waals surface area contributed by atoms with E-state index in [4.69, 9.17) is 14.2 Å². The molecule has 1 aliphatic heterocycles. The lowest BCUT2D eigenvalue weighted by Crippen LogP contribution is -2.21. The Kier molecular flexibility index (Phi) is 32.9. The molecule has 0 amide bonds. The molecule has 326 valence electrons. The lowest BCUT2D eigenvalue weighted by molar-refractivity contribution is -0.146. The molecule has 6 heteroatoms. The lowest BCUT2D eigenvalue weighted by Gasteiger charge is -2.21. The average molecular weight is 778 g/mol. The summed E-state index contributed by atoms with van der Waals surface area (Å²) in [5.74, 6) is 4.16. The molecular weight excluding hydrogens is 683 g/mol. The molecule has 1 saturated heterocycles. The maximum Gasteiger partial charge on any atom is 0.305 e. The van der Waals surface area contributed by atoms with Crippen molar-refractivity contribution in [1.82, 2.24) is 5.32 Å². The number of unbranched alkanes of at least 4 members (excludes halogenated alkanes) is 12. The third-order valence-corrected chi connectivity index (χ3v) is 12.4. The largest absolute Gasteiger partial charge is 0.465 e. The predicted octanol–water partition coefficient (Wildman–Crippen LogP) is 13.7. The summed E-state index contributed by atoms with van der Waals surface area (Å²) >= 11 is 0. The van der Waals surface area contributed by atoms with Crippen LogP contribution in [0.2, 0.25) is 0 Å². The zero-order valence-corrected chi connectivity index (χ0v) is 38.1. The van der Waals surface area contributed by atoms with Gasteiger partial charge < -0.3 is 19.5 Å². The van der Waals surface area contributed by atoms with Gasteiger partial charge in [0.2, 0.25) is 0 Å². The second-order valence-corrected chi connectivity index (χ2v) is 19.2. The fraction of sp³-hybridized carbons (Fsp3) is 0.959. The van der Waals surface area contributed by atoms with Gasteiger partial charge >= 0.3 is 11.9 Å². The number of carbonyl (C=O) groups excluding carboxylic acids is 2. The summed E-state index contributed by atoms with van der Waals surface area (Å²) in [7, 11) is 0. The number of rotatable bonds is 38. The van der Waals surface area contributed by atoms with Gasteiger partial charge in [-0.15, -0.1) is 0 Å². The Morgan fingerprint density at radius 2 is 0.964 bits per heavy atom. The molecule has 0 saturated carbocycles. The van der Waals surface area contributed by atoms with Crippen molar-refractivity contribution in [3.63, 3.8) is 0 Å². The third-order valence-electron chi connectivity index (χ3n) is 12.4. The van der Waals surface area contributed by atoms with Crippen molar-refractivity contribution in [2.45, 2.75) is 228 Å². The van der Waals surface area contributed by atoms with Crippen LogP contribution in [0.4, 0.5) is 0 Å². The van der Waals surface area contributed by atoms with E-state index < -0.39 is 0 Å². The second kappa shape index (κ2) is 34.9. The smallest absolute Gasteiger partial charge is 0.305 e. The molecule has 0 radical (unpaired) electrons. The van der Waals surface area contributed by atoms with Crippen LogP contribution in [-0.4, -0.2) is 51.0 Å². The minimum Gasteiger partial charge on any atom is -0.465 e. The minimum atomic E-state index is -0.00409. The molecule has 0 aromatic carbocycles. The Morgan fingerprint density at radius 3 is 1.36 bits per heavy atom. The number of ether oxygens (including phenoxy) is 3. The van der Waals surface area contributed by atoms with E-state index in [2.05, 4.69) is 60.7 Å². The van der Waals surface area contributed by atoms with Gasteiger partial charge in [0.25, 0.3) is 0 Å². The SMILES string of the molecule is CC(C)CCC(COC(=O)CCCCCCCCCC(CCCCCCCCCC(=O)OCC(CCC(C)C)C(C)C)COCCCC1CCCN1)C(C)C. The summed E-state index contributed by atoms with van der Waals surface area (Å²) in [6, 6.07) is 0.714. The van der Waals surface area contributed by atoms with Crippen molar-refractivity contribution in [2.24, 2.45) is 41.4 Å². The van der Waals surface area contributed by atoms with Crippen molar-refractivity contribution >= 4 is 11.9 Å². The van der Waals surface area contributed by atoms with Crippen LogP contribution < -0.4 is 5.32 Å². The van der Waals surface area contributed by atoms with Crippen LogP contribution in [0.1, 0.15) is 222 Å². The van der Waals surface area contributed by atoms with E-state index in [0.717, 1.165) is 51.7 Å². The number of carbonyl (C=O) groups is 2. The van der Waals surface area contributed by atoms with E-state index in [9.17, 15) is 9.59 Å². The van der Waals surface area contributed by atoms with Gasteiger partial charge in [0, 0.05) is 32.1 Å². The topological polar surface area (TPSA) is 73.9 Å². The number of esters is 2.